The van der Waals surface area contributed by atoms with Gasteiger partial charge in [-0.05, 0) is 25.2 Å². The number of nitrogens with zero attached hydrogens (tertiary/aromatic N) is 1. The molecule has 0 aromatic heterocycles. The molecule has 3 N–H and O–H groups in total. The van der Waals surface area contributed by atoms with Gasteiger partial charge in [0.1, 0.15) is 0 Å². The van der Waals surface area contributed by atoms with E-state index in [2.05, 4.69) is 4.72 Å². The summed E-state index contributed by atoms with van der Waals surface area (Å²) < 4.78 is 26.3. The molecule has 0 amide bonds. The van der Waals surface area contributed by atoms with E-state index in [-0.39, 0.29) is 5.75 Å². The molecule has 0 saturated carbocycles. The second kappa shape index (κ2) is 6.84. The number of rotatable bonds is 7. The first-order valence-electron chi connectivity index (χ1n) is 5.83. The van der Waals surface area contributed by atoms with Gasteiger partial charge in [0.05, 0.1) is 5.75 Å². The van der Waals surface area contributed by atoms with Crippen molar-refractivity contribution in [2.75, 3.05) is 27.2 Å². The summed E-state index contributed by atoms with van der Waals surface area (Å²) >= 11 is 0. The largest absolute Gasteiger partial charge is 0.326 e. The van der Waals surface area contributed by atoms with E-state index in [1.54, 1.807) is 6.07 Å². The van der Waals surface area contributed by atoms with Crippen molar-refractivity contribution in [3.8, 4) is 0 Å². The Hall–Kier alpha value is -0.950. The fourth-order valence-electron chi connectivity index (χ4n) is 1.58. The zero-order valence-corrected chi connectivity index (χ0v) is 11.7. The van der Waals surface area contributed by atoms with Crippen molar-refractivity contribution in [3.05, 3.63) is 35.4 Å². The number of hydrogen-bond acceptors (Lipinski definition) is 4. The van der Waals surface area contributed by atoms with Crippen molar-refractivity contribution in [3.63, 3.8) is 0 Å². The maximum atomic E-state index is 11.9. The molecule has 1 aromatic rings. The monoisotopic (exact) mass is 271 g/mol. The lowest BCUT2D eigenvalue weighted by Crippen LogP contribution is -2.32. The Morgan fingerprint density at radius 3 is 2.39 bits per heavy atom. The van der Waals surface area contributed by atoms with Crippen molar-refractivity contribution in [1.82, 2.24) is 9.62 Å². The van der Waals surface area contributed by atoms with Crippen LogP contribution in [0.3, 0.4) is 0 Å². The van der Waals surface area contributed by atoms with E-state index >= 15 is 0 Å². The van der Waals surface area contributed by atoms with Crippen LogP contribution in [0.15, 0.2) is 24.3 Å². The van der Waals surface area contributed by atoms with E-state index < -0.39 is 10.0 Å². The predicted molar refractivity (Wildman–Crippen MR) is 73.5 cm³/mol. The number of hydrogen-bond donors (Lipinski definition) is 2. The first kappa shape index (κ1) is 15.1. The summed E-state index contributed by atoms with van der Waals surface area (Å²) in [6.45, 7) is 1.45. The minimum atomic E-state index is -3.30. The number of nitrogens with two attached hydrogens (primary N) is 1. The Kier molecular flexibility index (Phi) is 5.74. The highest BCUT2D eigenvalue weighted by atomic mass is 32.2. The molecule has 18 heavy (non-hydrogen) atoms. The molecule has 0 atom stereocenters. The van der Waals surface area contributed by atoms with E-state index in [0.29, 0.717) is 19.6 Å². The average molecular weight is 271 g/mol. The summed E-state index contributed by atoms with van der Waals surface area (Å²) in [5, 5.41) is 0. The van der Waals surface area contributed by atoms with Crippen molar-refractivity contribution < 1.29 is 8.42 Å². The van der Waals surface area contributed by atoms with Gasteiger partial charge in [0.25, 0.3) is 0 Å². The Bertz CT molecular complexity index is 472. The van der Waals surface area contributed by atoms with Crippen LogP contribution in [0.5, 0.6) is 0 Å². The molecular formula is C12H21N3O2S. The van der Waals surface area contributed by atoms with Gasteiger partial charge >= 0.3 is 0 Å². The summed E-state index contributed by atoms with van der Waals surface area (Å²) in [4.78, 5) is 1.93. The maximum absolute atomic E-state index is 11.9. The molecule has 0 radical (unpaired) electrons. The molecule has 1 aromatic carbocycles. The SMILES string of the molecule is CN(C)CCNS(=O)(=O)Cc1ccccc1CN. The zero-order chi connectivity index (χ0) is 13.6. The van der Waals surface area contributed by atoms with Gasteiger partial charge in [-0.1, -0.05) is 24.3 Å². The van der Waals surface area contributed by atoms with Crippen LogP contribution in [0.4, 0.5) is 0 Å². The summed E-state index contributed by atoms with van der Waals surface area (Å²) in [5.41, 5.74) is 7.22. The quantitative estimate of drug-likeness (QED) is 0.739. The van der Waals surface area contributed by atoms with Gasteiger partial charge < -0.3 is 10.6 Å². The normalized spacial score (nSPS) is 12.0. The molecule has 102 valence electrons. The standard InChI is InChI=1S/C12H21N3O2S/c1-15(2)8-7-14-18(16,17)10-12-6-4-3-5-11(12)9-13/h3-6,14H,7-10,13H2,1-2H3. The third-order valence-corrected chi connectivity index (χ3v) is 3.90. The summed E-state index contributed by atoms with van der Waals surface area (Å²) in [5.74, 6) is -0.0200. The van der Waals surface area contributed by atoms with Gasteiger partial charge in [-0.2, -0.15) is 0 Å². The van der Waals surface area contributed by atoms with Gasteiger partial charge in [0, 0.05) is 19.6 Å². The van der Waals surface area contributed by atoms with Crippen LogP contribution in [0.1, 0.15) is 11.1 Å². The highest BCUT2D eigenvalue weighted by Gasteiger charge is 2.13. The van der Waals surface area contributed by atoms with E-state index in [1.165, 1.54) is 0 Å². The van der Waals surface area contributed by atoms with Crippen LogP contribution in [0, 0.1) is 0 Å². The Morgan fingerprint density at radius 1 is 1.22 bits per heavy atom. The van der Waals surface area contributed by atoms with Gasteiger partial charge in [-0.25, -0.2) is 13.1 Å². The molecule has 5 nitrogen and oxygen atoms in total. The van der Waals surface area contributed by atoms with E-state index in [9.17, 15) is 8.42 Å². The van der Waals surface area contributed by atoms with Crippen LogP contribution >= 0.6 is 0 Å². The molecule has 0 saturated heterocycles. The van der Waals surface area contributed by atoms with E-state index in [1.807, 2.05) is 37.2 Å². The second-order valence-corrected chi connectivity index (χ2v) is 6.24. The van der Waals surface area contributed by atoms with Crippen LogP contribution < -0.4 is 10.5 Å². The molecular weight excluding hydrogens is 250 g/mol. The molecule has 0 unspecified atom stereocenters. The van der Waals surface area contributed by atoms with Crippen molar-refractivity contribution in [2.45, 2.75) is 12.3 Å². The number of benzene rings is 1. The Balaban J connectivity index is 2.65. The molecule has 0 spiro atoms. The zero-order valence-electron chi connectivity index (χ0n) is 10.9. The highest BCUT2D eigenvalue weighted by molar-refractivity contribution is 7.88. The fraction of sp³-hybridized carbons (Fsp3) is 0.500. The van der Waals surface area contributed by atoms with Gasteiger partial charge in [-0.3, -0.25) is 0 Å². The lowest BCUT2D eigenvalue weighted by Gasteiger charge is -2.12. The van der Waals surface area contributed by atoms with Gasteiger partial charge in [-0.15, -0.1) is 0 Å². The van der Waals surface area contributed by atoms with E-state index in [0.717, 1.165) is 11.1 Å². The predicted octanol–water partition coefficient (Wildman–Crippen LogP) is 0.126. The molecule has 0 aliphatic heterocycles. The fourth-order valence-corrected chi connectivity index (χ4v) is 2.77. The van der Waals surface area contributed by atoms with Crippen LogP contribution in [0.2, 0.25) is 0 Å². The molecule has 0 aliphatic rings. The third-order valence-electron chi connectivity index (χ3n) is 2.56. The first-order chi connectivity index (χ1) is 8.44. The minimum absolute atomic E-state index is 0.0200. The highest BCUT2D eigenvalue weighted by Crippen LogP contribution is 2.11. The molecule has 0 aliphatic carbocycles. The number of nitrogens with one attached hydrogen (secondary N) is 1. The van der Waals surface area contributed by atoms with Crippen LogP contribution in [-0.4, -0.2) is 40.5 Å². The van der Waals surface area contributed by atoms with Crippen LogP contribution in [0.25, 0.3) is 0 Å². The maximum Gasteiger partial charge on any atom is 0.215 e. The van der Waals surface area contributed by atoms with E-state index in [4.69, 9.17) is 5.73 Å². The van der Waals surface area contributed by atoms with Crippen molar-refractivity contribution >= 4 is 10.0 Å². The molecule has 1 rings (SSSR count). The lowest BCUT2D eigenvalue weighted by atomic mass is 10.1. The van der Waals surface area contributed by atoms with Gasteiger partial charge in [0.2, 0.25) is 10.0 Å². The minimum Gasteiger partial charge on any atom is -0.326 e. The molecule has 0 heterocycles. The summed E-state index contributed by atoms with van der Waals surface area (Å²) in [7, 11) is 0.507. The van der Waals surface area contributed by atoms with Gasteiger partial charge in [0.15, 0.2) is 0 Å². The second-order valence-electron chi connectivity index (χ2n) is 4.43. The van der Waals surface area contributed by atoms with Crippen LogP contribution in [-0.2, 0) is 22.3 Å². The smallest absolute Gasteiger partial charge is 0.215 e. The lowest BCUT2D eigenvalue weighted by molar-refractivity contribution is 0.412. The number of likely N-dealkylation sites (N-methyl/N-ethyl adjacent to an activating group) is 1. The Labute approximate surface area is 109 Å². The average Bonchev–Trinajstić information content (AvgIpc) is 2.28. The molecule has 0 bridgehead atoms. The van der Waals surface area contributed by atoms with Crippen molar-refractivity contribution in [1.29, 1.82) is 0 Å². The summed E-state index contributed by atoms with van der Waals surface area (Å²) in [6, 6.07) is 7.33. The number of sulfonamides is 1. The molecule has 6 heteroatoms. The van der Waals surface area contributed by atoms with Crippen molar-refractivity contribution in [2.24, 2.45) is 5.73 Å². The summed E-state index contributed by atoms with van der Waals surface area (Å²) in [6.07, 6.45) is 0. The topological polar surface area (TPSA) is 75.4 Å². The Morgan fingerprint density at radius 2 is 1.83 bits per heavy atom. The third kappa shape index (κ3) is 5.14. The molecule has 0 fully saturated rings. The first-order valence-corrected chi connectivity index (χ1v) is 7.49.